The van der Waals surface area contributed by atoms with Crippen LogP contribution in [-0.2, 0) is 52.8 Å². The molecule has 0 unspecified atom stereocenters. The van der Waals surface area contributed by atoms with Crippen LogP contribution in [0.3, 0.4) is 0 Å². The molecule has 4 aromatic rings. The smallest absolute Gasteiger partial charge is 0.258 e. The van der Waals surface area contributed by atoms with Crippen LogP contribution in [0.5, 0.6) is 17.2 Å². The lowest BCUT2D eigenvalue weighted by Gasteiger charge is -2.35. The summed E-state index contributed by atoms with van der Waals surface area (Å²) >= 11 is 1.57. The minimum atomic E-state index is -0.975. The molecule has 5 rings (SSSR count). The Kier molecular flexibility index (Phi) is 20.2. The van der Waals surface area contributed by atoms with Crippen molar-refractivity contribution >= 4 is 35.0 Å². The van der Waals surface area contributed by atoms with Crippen molar-refractivity contribution in [1.82, 2.24) is 25.8 Å². The Balaban J connectivity index is 0.918. The maximum Gasteiger partial charge on any atom is 0.258 e. The Morgan fingerprint density at radius 2 is 1.52 bits per heavy atom. The first-order chi connectivity index (χ1) is 31.8. The van der Waals surface area contributed by atoms with Crippen LogP contribution in [0.1, 0.15) is 56.0 Å². The van der Waals surface area contributed by atoms with E-state index in [1.54, 1.807) is 25.6 Å². The highest BCUT2D eigenvalue weighted by Crippen LogP contribution is 2.30. The zero-order valence-corrected chi connectivity index (χ0v) is 39.7. The van der Waals surface area contributed by atoms with E-state index in [0.717, 1.165) is 52.1 Å². The quantitative estimate of drug-likeness (QED) is 0.0637. The third kappa shape index (κ3) is 15.8. The number of benzene rings is 3. The lowest BCUT2D eigenvalue weighted by Crippen LogP contribution is -2.58. The number of aliphatic hydroxyl groups is 1. The second-order valence-electron chi connectivity index (χ2n) is 17.0. The monoisotopic (exact) mass is 931 g/mol. The number of methoxy groups -OCH3 is 2. The molecule has 0 radical (unpaired) electrons. The molecule has 16 nitrogen and oxygen atoms in total. The van der Waals surface area contributed by atoms with E-state index in [4.69, 9.17) is 28.4 Å². The molecule has 1 aromatic heterocycles. The van der Waals surface area contributed by atoms with Crippen LogP contribution in [0.2, 0.25) is 0 Å². The van der Waals surface area contributed by atoms with Gasteiger partial charge in [-0.05, 0) is 72.1 Å². The van der Waals surface area contributed by atoms with E-state index in [0.29, 0.717) is 30.4 Å². The highest BCUT2D eigenvalue weighted by Gasteiger charge is 2.44. The van der Waals surface area contributed by atoms with Gasteiger partial charge in [0.1, 0.15) is 24.4 Å². The van der Waals surface area contributed by atoms with Gasteiger partial charge >= 0.3 is 0 Å². The van der Waals surface area contributed by atoms with Crippen LogP contribution in [0.15, 0.2) is 72.2 Å². The molecule has 2 heterocycles. The van der Waals surface area contributed by atoms with E-state index in [2.05, 4.69) is 20.9 Å². The van der Waals surface area contributed by atoms with Crippen LogP contribution < -0.4 is 30.2 Å². The van der Waals surface area contributed by atoms with E-state index in [9.17, 15) is 24.3 Å². The van der Waals surface area contributed by atoms with Gasteiger partial charge in [-0.3, -0.25) is 19.2 Å². The highest BCUT2D eigenvalue weighted by molar-refractivity contribution is 7.13. The zero-order valence-electron chi connectivity index (χ0n) is 38.9. The minimum absolute atomic E-state index is 0.0234. The molecule has 1 saturated heterocycles. The Morgan fingerprint density at radius 1 is 0.818 bits per heavy atom. The summed E-state index contributed by atoms with van der Waals surface area (Å²) in [4.78, 5) is 59.5. The van der Waals surface area contributed by atoms with Crippen LogP contribution in [0, 0.1) is 12.3 Å². The predicted molar refractivity (Wildman–Crippen MR) is 251 cm³/mol. The molecule has 1 aliphatic rings. The lowest BCUT2D eigenvalue weighted by atomic mass is 9.85. The van der Waals surface area contributed by atoms with Crippen molar-refractivity contribution in [3.63, 3.8) is 0 Å². The Morgan fingerprint density at radius 3 is 2.21 bits per heavy atom. The van der Waals surface area contributed by atoms with Crippen molar-refractivity contribution < 1.29 is 52.7 Å². The topological polar surface area (TPSA) is 196 Å². The number of rotatable bonds is 26. The molecule has 17 heteroatoms. The number of ether oxygens (including phenoxy) is 6. The third-order valence-corrected chi connectivity index (χ3v) is 11.9. The van der Waals surface area contributed by atoms with E-state index < -0.39 is 35.4 Å². The summed E-state index contributed by atoms with van der Waals surface area (Å²) in [5.41, 5.74) is 6.17. The summed E-state index contributed by atoms with van der Waals surface area (Å²) in [5.74, 6) is 0.487. The molecule has 0 saturated carbocycles. The minimum Gasteiger partial charge on any atom is -0.493 e. The molecule has 4 N–H and O–H groups in total. The van der Waals surface area contributed by atoms with Crippen molar-refractivity contribution in [2.45, 2.75) is 78.1 Å². The molecule has 358 valence electrons. The van der Waals surface area contributed by atoms with Crippen LogP contribution in [-0.4, -0.2) is 130 Å². The number of carbonyl (C=O) groups is 4. The van der Waals surface area contributed by atoms with Crippen molar-refractivity contribution in [1.29, 1.82) is 0 Å². The number of nitrogens with zero attached hydrogens (tertiary/aromatic N) is 2. The zero-order chi connectivity index (χ0) is 47.5. The van der Waals surface area contributed by atoms with Crippen molar-refractivity contribution in [2.75, 3.05) is 73.6 Å². The maximum atomic E-state index is 13.9. The van der Waals surface area contributed by atoms with Gasteiger partial charge in [-0.15, -0.1) is 11.3 Å². The number of para-hydroxylation sites is 1. The fourth-order valence-electron chi connectivity index (χ4n) is 7.41. The maximum absolute atomic E-state index is 13.9. The predicted octanol–water partition coefficient (Wildman–Crippen LogP) is 4.66. The number of aromatic nitrogens is 1. The van der Waals surface area contributed by atoms with E-state index in [1.165, 1.54) is 4.90 Å². The Labute approximate surface area is 391 Å². The van der Waals surface area contributed by atoms with Gasteiger partial charge in [0.2, 0.25) is 17.7 Å². The fourth-order valence-corrected chi connectivity index (χ4v) is 8.23. The number of likely N-dealkylation sites (tertiary alicyclic amines) is 1. The number of nitrogens with one attached hydrogen (secondary N) is 3. The molecule has 0 spiro atoms. The van der Waals surface area contributed by atoms with Gasteiger partial charge in [-0.25, -0.2) is 4.98 Å². The Bertz CT molecular complexity index is 2180. The first kappa shape index (κ1) is 51.4. The van der Waals surface area contributed by atoms with Gasteiger partial charge in [0, 0.05) is 26.1 Å². The third-order valence-electron chi connectivity index (χ3n) is 10.9. The number of thiazole rings is 1. The summed E-state index contributed by atoms with van der Waals surface area (Å²) in [6.07, 6.45) is 1.74. The van der Waals surface area contributed by atoms with Gasteiger partial charge in [0.05, 0.1) is 69.4 Å². The molecule has 1 fully saturated rings. The van der Waals surface area contributed by atoms with Gasteiger partial charge in [-0.2, -0.15) is 0 Å². The van der Waals surface area contributed by atoms with Crippen LogP contribution in [0.25, 0.3) is 10.4 Å². The number of hydrogen-bond acceptors (Lipinski definition) is 13. The summed E-state index contributed by atoms with van der Waals surface area (Å²) in [5, 5.41) is 19.0. The normalized spacial score (nSPS) is 15.2. The van der Waals surface area contributed by atoms with E-state index in [1.807, 2.05) is 99.9 Å². The number of aliphatic hydroxyl groups excluding tert-OH is 1. The van der Waals surface area contributed by atoms with Gasteiger partial charge in [-0.1, -0.05) is 69.3 Å². The molecule has 4 amide bonds. The molecular formula is C49H65N5O11S. The lowest BCUT2D eigenvalue weighted by molar-refractivity contribution is -0.144. The van der Waals surface area contributed by atoms with E-state index in [-0.39, 0.29) is 71.0 Å². The first-order valence-electron chi connectivity index (χ1n) is 22.2. The molecule has 1 aliphatic heterocycles. The number of aryl methyl sites for hydroxylation is 3. The Hall–Kier alpha value is -5.59. The number of carbonyl (C=O) groups excluding carboxylic acids is 4. The first-order valence-corrected chi connectivity index (χ1v) is 23.1. The molecule has 66 heavy (non-hydrogen) atoms. The average Bonchev–Trinajstić information content (AvgIpc) is 3.93. The largest absolute Gasteiger partial charge is 0.493 e. The van der Waals surface area contributed by atoms with Gasteiger partial charge in [0.25, 0.3) is 5.91 Å². The number of hydrogen-bond donors (Lipinski definition) is 4. The van der Waals surface area contributed by atoms with Gasteiger partial charge in [0.15, 0.2) is 18.1 Å². The second kappa shape index (κ2) is 25.9. The summed E-state index contributed by atoms with van der Waals surface area (Å²) in [7, 11) is 3.24. The number of amides is 4. The average molecular weight is 932 g/mol. The van der Waals surface area contributed by atoms with Crippen molar-refractivity contribution in [3.8, 4) is 27.7 Å². The van der Waals surface area contributed by atoms with Gasteiger partial charge < -0.3 is 54.4 Å². The SMILES string of the molecule is COc1ccc(CCCc2ccccc2OCC(=O)NCCOCCOCCOCC(=O)N[C@H](C(=O)N2C[C@H](O)C[C@H]2C(=O)NCc2ccc(-c3scnc3C)cc2)C(C)(C)C)cc1OC. The standard InChI is InChI=1S/C49H65N5O11S/c1-33-45(66-32-52-33)37-17-14-35(15-18-37)28-51-47(58)39-27-38(55)29-54(39)48(59)46(49(2,3)4)53-44(57)30-64-25-24-63-23-22-62-21-20-50-43(56)31-65-40-13-8-7-11-36(40)12-9-10-34-16-19-41(60-5)42(26-34)61-6/h7-8,11,13-19,26,32,38-39,46,55H,9-10,12,20-25,27-31H2,1-6H3,(H,50,56)(H,51,58)(H,53,57)/t38-,39+,46-/m1/s1. The molecule has 3 aromatic carbocycles. The molecule has 0 aliphatic carbocycles. The summed E-state index contributed by atoms with van der Waals surface area (Å²) < 4.78 is 33.2. The van der Waals surface area contributed by atoms with Crippen LogP contribution >= 0.6 is 11.3 Å². The highest BCUT2D eigenvalue weighted by atomic mass is 32.1. The fraction of sp³-hybridized carbons (Fsp3) is 0.490. The summed E-state index contributed by atoms with van der Waals surface area (Å²) in [6, 6.07) is 19.6. The molecular weight excluding hydrogens is 867 g/mol. The van der Waals surface area contributed by atoms with E-state index >= 15 is 0 Å². The van der Waals surface area contributed by atoms with Crippen LogP contribution in [0.4, 0.5) is 0 Å². The molecule has 0 bridgehead atoms. The summed E-state index contributed by atoms with van der Waals surface area (Å²) in [6.45, 7) is 8.75. The number of β-amino-alcohol motifs (C(OH)–C–C–N with tert-alkyl or cyclic N) is 1. The van der Waals surface area contributed by atoms with Crippen molar-refractivity contribution in [3.05, 3.63) is 94.6 Å². The molecule has 3 atom stereocenters. The second-order valence-corrected chi connectivity index (χ2v) is 17.9. The van der Waals surface area contributed by atoms with Crippen molar-refractivity contribution in [2.24, 2.45) is 5.41 Å².